The summed E-state index contributed by atoms with van der Waals surface area (Å²) in [6.45, 7) is 3.72. The number of sulfonamides is 1. The maximum atomic E-state index is 13.4. The van der Waals surface area contributed by atoms with Gasteiger partial charge in [0.05, 0.1) is 16.8 Å². The van der Waals surface area contributed by atoms with Crippen LogP contribution < -0.4 is 14.6 Å². The summed E-state index contributed by atoms with van der Waals surface area (Å²) in [6.07, 6.45) is 1.52. The van der Waals surface area contributed by atoms with E-state index < -0.39 is 22.5 Å². The van der Waals surface area contributed by atoms with E-state index in [1.165, 1.54) is 18.3 Å². The number of hydrogen-bond donors (Lipinski definition) is 1. The molecular weight excluding hydrogens is 448 g/mol. The molecule has 0 saturated carbocycles. The molecule has 178 valence electrons. The van der Waals surface area contributed by atoms with Crippen molar-refractivity contribution in [1.29, 1.82) is 0 Å². The molecule has 7 nitrogen and oxygen atoms in total. The molecule has 0 spiro atoms. The van der Waals surface area contributed by atoms with Gasteiger partial charge in [0.2, 0.25) is 0 Å². The SMILES string of the molecule is CC(C)c1ccc(N(CC(=O)N/N=C\c2ccc(N(C)C)cc2)S(=O)(=O)c2ccccc2)cc1. The molecular formula is C26H30N4O3S. The average molecular weight is 479 g/mol. The van der Waals surface area contributed by atoms with Crippen LogP contribution in [0.2, 0.25) is 0 Å². The minimum Gasteiger partial charge on any atom is -0.378 e. The van der Waals surface area contributed by atoms with Gasteiger partial charge in [-0.05, 0) is 53.4 Å². The summed E-state index contributed by atoms with van der Waals surface area (Å²) >= 11 is 0. The Balaban J connectivity index is 1.80. The van der Waals surface area contributed by atoms with Crippen LogP contribution in [0.5, 0.6) is 0 Å². The minimum absolute atomic E-state index is 0.111. The van der Waals surface area contributed by atoms with Crippen molar-refractivity contribution in [2.75, 3.05) is 29.8 Å². The smallest absolute Gasteiger partial charge is 0.264 e. The number of nitrogens with zero attached hydrogens (tertiary/aromatic N) is 3. The van der Waals surface area contributed by atoms with Crippen molar-refractivity contribution in [1.82, 2.24) is 5.43 Å². The Bertz CT molecular complexity index is 1220. The zero-order chi connectivity index (χ0) is 24.7. The number of amides is 1. The van der Waals surface area contributed by atoms with Gasteiger partial charge in [-0.25, -0.2) is 13.8 Å². The van der Waals surface area contributed by atoms with E-state index in [0.717, 1.165) is 21.1 Å². The van der Waals surface area contributed by atoms with Gasteiger partial charge in [0.15, 0.2) is 0 Å². The fourth-order valence-electron chi connectivity index (χ4n) is 3.26. The Kier molecular flexibility index (Phi) is 8.07. The van der Waals surface area contributed by atoms with Gasteiger partial charge in [-0.1, -0.05) is 56.3 Å². The molecule has 0 bridgehead atoms. The molecule has 0 aliphatic carbocycles. The van der Waals surface area contributed by atoms with Gasteiger partial charge in [-0.2, -0.15) is 5.10 Å². The molecule has 0 fully saturated rings. The Morgan fingerprint density at radius 2 is 1.50 bits per heavy atom. The van der Waals surface area contributed by atoms with Crippen LogP contribution in [0.25, 0.3) is 0 Å². The first-order chi connectivity index (χ1) is 16.2. The highest BCUT2D eigenvalue weighted by atomic mass is 32.2. The van der Waals surface area contributed by atoms with Crippen molar-refractivity contribution in [3.8, 4) is 0 Å². The quantitative estimate of drug-likeness (QED) is 0.369. The molecule has 34 heavy (non-hydrogen) atoms. The van der Waals surface area contributed by atoms with Crippen molar-refractivity contribution < 1.29 is 13.2 Å². The molecule has 3 rings (SSSR count). The van der Waals surface area contributed by atoms with Gasteiger partial charge in [0.1, 0.15) is 6.54 Å². The molecule has 0 heterocycles. The number of carbonyl (C=O) groups excluding carboxylic acids is 1. The summed E-state index contributed by atoms with van der Waals surface area (Å²) in [7, 11) is -0.0498. The van der Waals surface area contributed by atoms with Crippen LogP contribution in [0.15, 0.2) is 88.9 Å². The first-order valence-electron chi connectivity index (χ1n) is 11.0. The standard InChI is InChI=1S/C26H30N4O3S/c1-20(2)22-12-16-24(17-13-22)30(34(32,33)25-8-6-5-7-9-25)19-26(31)28-27-18-21-10-14-23(15-11-21)29(3)4/h5-18,20H,19H2,1-4H3,(H,28,31)/b27-18-. The lowest BCUT2D eigenvalue weighted by Gasteiger charge is -2.24. The predicted octanol–water partition coefficient (Wildman–Crippen LogP) is 4.22. The van der Waals surface area contributed by atoms with Crippen LogP contribution in [-0.2, 0) is 14.8 Å². The van der Waals surface area contributed by atoms with Gasteiger partial charge in [0.25, 0.3) is 15.9 Å². The molecule has 8 heteroatoms. The number of carbonyl (C=O) groups is 1. The molecule has 0 aromatic heterocycles. The summed E-state index contributed by atoms with van der Waals surface area (Å²) in [5, 5.41) is 4.00. The predicted molar refractivity (Wildman–Crippen MR) is 138 cm³/mol. The van der Waals surface area contributed by atoms with E-state index in [9.17, 15) is 13.2 Å². The average Bonchev–Trinajstić information content (AvgIpc) is 2.83. The van der Waals surface area contributed by atoms with E-state index in [2.05, 4.69) is 24.4 Å². The minimum atomic E-state index is -3.96. The molecule has 0 atom stereocenters. The molecule has 0 aliphatic heterocycles. The van der Waals surface area contributed by atoms with Crippen molar-refractivity contribution in [3.63, 3.8) is 0 Å². The van der Waals surface area contributed by atoms with E-state index in [-0.39, 0.29) is 4.90 Å². The third-order valence-corrected chi connectivity index (χ3v) is 7.07. The largest absolute Gasteiger partial charge is 0.378 e. The molecule has 0 radical (unpaired) electrons. The van der Waals surface area contributed by atoms with Crippen LogP contribution in [0.4, 0.5) is 11.4 Å². The van der Waals surface area contributed by atoms with E-state index in [1.807, 2.05) is 55.4 Å². The Labute approximate surface area is 201 Å². The first kappa shape index (κ1) is 25.0. The maximum Gasteiger partial charge on any atom is 0.264 e. The second-order valence-electron chi connectivity index (χ2n) is 8.35. The Hall–Kier alpha value is -3.65. The molecule has 3 aromatic rings. The third-order valence-electron chi connectivity index (χ3n) is 5.28. The second kappa shape index (κ2) is 11.0. The Morgan fingerprint density at radius 3 is 2.06 bits per heavy atom. The van der Waals surface area contributed by atoms with E-state index in [1.54, 1.807) is 30.3 Å². The maximum absolute atomic E-state index is 13.4. The highest BCUT2D eigenvalue weighted by molar-refractivity contribution is 7.92. The molecule has 1 amide bonds. The van der Waals surface area contributed by atoms with E-state index in [4.69, 9.17) is 0 Å². The lowest BCUT2D eigenvalue weighted by molar-refractivity contribution is -0.119. The number of anilines is 2. The summed E-state index contributed by atoms with van der Waals surface area (Å²) in [4.78, 5) is 14.8. The monoisotopic (exact) mass is 478 g/mol. The van der Waals surface area contributed by atoms with Crippen LogP contribution in [0, 0.1) is 0 Å². The number of hydrazone groups is 1. The normalized spacial score (nSPS) is 11.6. The van der Waals surface area contributed by atoms with Crippen LogP contribution in [0.1, 0.15) is 30.9 Å². The van der Waals surface area contributed by atoms with Crippen molar-refractivity contribution in [3.05, 3.63) is 90.0 Å². The number of hydrogen-bond acceptors (Lipinski definition) is 5. The third kappa shape index (κ3) is 6.23. The van der Waals surface area contributed by atoms with Gasteiger partial charge in [-0.3, -0.25) is 9.10 Å². The zero-order valence-electron chi connectivity index (χ0n) is 19.8. The highest BCUT2D eigenvalue weighted by Gasteiger charge is 2.27. The molecule has 0 unspecified atom stereocenters. The molecule has 3 aromatic carbocycles. The van der Waals surface area contributed by atoms with Crippen LogP contribution >= 0.6 is 0 Å². The van der Waals surface area contributed by atoms with Gasteiger partial charge >= 0.3 is 0 Å². The van der Waals surface area contributed by atoms with E-state index >= 15 is 0 Å². The van der Waals surface area contributed by atoms with Gasteiger partial charge in [-0.15, -0.1) is 0 Å². The van der Waals surface area contributed by atoms with Crippen molar-refractivity contribution in [2.45, 2.75) is 24.7 Å². The highest BCUT2D eigenvalue weighted by Crippen LogP contribution is 2.25. The fraction of sp³-hybridized carbons (Fsp3) is 0.231. The fourth-order valence-corrected chi connectivity index (χ4v) is 4.71. The summed E-state index contributed by atoms with van der Waals surface area (Å²) in [6, 6.07) is 22.9. The number of rotatable bonds is 9. The molecule has 0 aliphatic rings. The van der Waals surface area contributed by atoms with Crippen molar-refractivity contribution in [2.24, 2.45) is 5.10 Å². The number of benzene rings is 3. The van der Waals surface area contributed by atoms with E-state index in [0.29, 0.717) is 11.6 Å². The topological polar surface area (TPSA) is 82.1 Å². The van der Waals surface area contributed by atoms with Gasteiger partial charge in [0, 0.05) is 19.8 Å². The Morgan fingerprint density at radius 1 is 0.912 bits per heavy atom. The summed E-state index contributed by atoms with van der Waals surface area (Å²) in [5.74, 6) is -0.244. The molecule has 0 saturated heterocycles. The second-order valence-corrected chi connectivity index (χ2v) is 10.2. The first-order valence-corrected chi connectivity index (χ1v) is 12.4. The number of nitrogens with one attached hydrogen (secondary N) is 1. The lowest BCUT2D eigenvalue weighted by atomic mass is 10.0. The summed E-state index contributed by atoms with van der Waals surface area (Å²) in [5.41, 5.74) is 5.78. The zero-order valence-corrected chi connectivity index (χ0v) is 20.7. The lowest BCUT2D eigenvalue weighted by Crippen LogP contribution is -2.39. The summed E-state index contributed by atoms with van der Waals surface area (Å²) < 4.78 is 27.8. The molecule has 1 N–H and O–H groups in total. The van der Waals surface area contributed by atoms with Crippen LogP contribution in [-0.4, -0.2) is 41.2 Å². The van der Waals surface area contributed by atoms with Crippen molar-refractivity contribution >= 4 is 33.5 Å². The van der Waals surface area contributed by atoms with Crippen LogP contribution in [0.3, 0.4) is 0 Å². The van der Waals surface area contributed by atoms with Gasteiger partial charge < -0.3 is 4.90 Å².